The molecule has 0 aromatic heterocycles. The Morgan fingerprint density at radius 2 is 2.19 bits per heavy atom. The van der Waals surface area contributed by atoms with Gasteiger partial charge in [0.1, 0.15) is 0 Å². The van der Waals surface area contributed by atoms with Crippen LogP contribution in [0, 0.1) is 5.92 Å². The van der Waals surface area contributed by atoms with Crippen LogP contribution in [0.15, 0.2) is 18.2 Å². The van der Waals surface area contributed by atoms with E-state index >= 15 is 0 Å². The number of piperidine rings is 1. The van der Waals surface area contributed by atoms with Gasteiger partial charge >= 0.3 is 0 Å². The summed E-state index contributed by atoms with van der Waals surface area (Å²) in [5.74, 6) is 0.628. The van der Waals surface area contributed by atoms with Gasteiger partial charge in [-0.25, -0.2) is 0 Å². The van der Waals surface area contributed by atoms with Crippen LogP contribution in [-0.2, 0) is 6.54 Å². The fraction of sp³-hybridized carbons (Fsp3) is 0.647. The quantitative estimate of drug-likeness (QED) is 0.874. The first-order chi connectivity index (χ1) is 9.87. The smallest absolute Gasteiger partial charge is 0.0794 e. The Hall–Kier alpha value is -0.770. The van der Waals surface area contributed by atoms with Crippen molar-refractivity contribution in [2.75, 3.05) is 24.5 Å². The summed E-state index contributed by atoms with van der Waals surface area (Å²) in [6.07, 6.45) is 1.90. The molecule has 2 N–H and O–H groups in total. The molecule has 0 saturated carbocycles. The van der Waals surface area contributed by atoms with Crippen molar-refractivity contribution in [3.05, 3.63) is 28.8 Å². The number of benzene rings is 1. The summed E-state index contributed by atoms with van der Waals surface area (Å²) < 4.78 is 0. The third kappa shape index (κ3) is 4.87. The van der Waals surface area contributed by atoms with Gasteiger partial charge < -0.3 is 15.3 Å². The Bertz CT molecular complexity index is 474. The Balaban J connectivity index is 2.14. The van der Waals surface area contributed by atoms with Crippen molar-refractivity contribution in [3.63, 3.8) is 0 Å². The van der Waals surface area contributed by atoms with Gasteiger partial charge in [-0.3, -0.25) is 0 Å². The summed E-state index contributed by atoms with van der Waals surface area (Å²) in [6, 6.07) is 6.05. The van der Waals surface area contributed by atoms with E-state index in [1.807, 2.05) is 19.1 Å². The summed E-state index contributed by atoms with van der Waals surface area (Å²) >= 11 is 6.16. The second kappa shape index (κ2) is 6.99. The number of aliphatic hydroxyl groups is 1. The zero-order valence-corrected chi connectivity index (χ0v) is 14.1. The van der Waals surface area contributed by atoms with Gasteiger partial charge in [0.15, 0.2) is 0 Å². The first kappa shape index (κ1) is 16.6. The molecule has 1 aliphatic heterocycles. The van der Waals surface area contributed by atoms with Gasteiger partial charge in [0.25, 0.3) is 0 Å². The lowest BCUT2D eigenvalue weighted by molar-refractivity contribution is 0.0449. The Morgan fingerprint density at radius 1 is 1.43 bits per heavy atom. The molecular formula is C17H27ClN2O. The molecule has 1 aliphatic rings. The molecule has 0 amide bonds. The molecule has 0 aliphatic carbocycles. The average molecular weight is 311 g/mol. The van der Waals surface area contributed by atoms with Gasteiger partial charge in [-0.05, 0) is 56.0 Å². The van der Waals surface area contributed by atoms with Crippen LogP contribution in [0.4, 0.5) is 5.69 Å². The molecule has 0 radical (unpaired) electrons. The van der Waals surface area contributed by atoms with Gasteiger partial charge in [-0.15, -0.1) is 0 Å². The van der Waals surface area contributed by atoms with E-state index in [2.05, 4.69) is 30.1 Å². The molecule has 1 aromatic rings. The van der Waals surface area contributed by atoms with Gasteiger partial charge in [0, 0.05) is 30.3 Å². The second-order valence-electron chi connectivity index (χ2n) is 6.82. The van der Waals surface area contributed by atoms with Crippen molar-refractivity contribution in [2.24, 2.45) is 5.92 Å². The number of rotatable bonds is 5. The van der Waals surface area contributed by atoms with Crippen molar-refractivity contribution in [3.8, 4) is 0 Å². The lowest BCUT2D eigenvalue weighted by Crippen LogP contribution is -2.46. The molecule has 21 heavy (non-hydrogen) atoms. The number of halogens is 1. The van der Waals surface area contributed by atoms with Crippen LogP contribution in [0.1, 0.15) is 39.2 Å². The highest BCUT2D eigenvalue weighted by Gasteiger charge is 2.29. The lowest BCUT2D eigenvalue weighted by atomic mass is 9.94. The number of anilines is 1. The molecule has 1 heterocycles. The maximum absolute atomic E-state index is 10.3. The number of β-amino-alcohol motifs (C(OH)–C–C–N with tert-alkyl or cyclic N) is 1. The van der Waals surface area contributed by atoms with Crippen LogP contribution >= 0.6 is 11.6 Å². The van der Waals surface area contributed by atoms with E-state index in [1.54, 1.807) is 0 Å². The molecule has 2 rings (SSSR count). The van der Waals surface area contributed by atoms with Gasteiger partial charge in [-0.1, -0.05) is 25.4 Å². The summed E-state index contributed by atoms with van der Waals surface area (Å²) in [6.45, 7) is 9.81. The number of hydrogen-bond acceptors (Lipinski definition) is 3. The van der Waals surface area contributed by atoms with E-state index in [-0.39, 0.29) is 0 Å². The molecule has 4 heteroatoms. The summed E-state index contributed by atoms with van der Waals surface area (Å²) in [4.78, 5) is 2.28. The van der Waals surface area contributed by atoms with Crippen molar-refractivity contribution < 1.29 is 5.11 Å². The Labute approximate surface area is 133 Å². The van der Waals surface area contributed by atoms with Crippen molar-refractivity contribution in [1.29, 1.82) is 0 Å². The Morgan fingerprint density at radius 3 is 2.86 bits per heavy atom. The largest absolute Gasteiger partial charge is 0.388 e. The van der Waals surface area contributed by atoms with Crippen LogP contribution in [0.3, 0.4) is 0 Å². The normalized spacial score (nSPS) is 22.9. The molecule has 1 fully saturated rings. The monoisotopic (exact) mass is 310 g/mol. The highest BCUT2D eigenvalue weighted by molar-refractivity contribution is 6.30. The lowest BCUT2D eigenvalue weighted by Gasteiger charge is -2.39. The molecule has 3 nitrogen and oxygen atoms in total. The maximum atomic E-state index is 10.3. The van der Waals surface area contributed by atoms with Gasteiger partial charge in [-0.2, -0.15) is 0 Å². The summed E-state index contributed by atoms with van der Waals surface area (Å²) in [5, 5.41) is 14.6. The number of hydrogen-bond donors (Lipinski definition) is 2. The van der Waals surface area contributed by atoms with E-state index < -0.39 is 5.60 Å². The maximum Gasteiger partial charge on any atom is 0.0794 e. The minimum Gasteiger partial charge on any atom is -0.388 e. The highest BCUT2D eigenvalue weighted by Crippen LogP contribution is 2.30. The fourth-order valence-corrected chi connectivity index (χ4v) is 3.12. The minimum absolute atomic E-state index is 0.597. The molecule has 118 valence electrons. The van der Waals surface area contributed by atoms with E-state index in [1.165, 1.54) is 11.3 Å². The Kier molecular flexibility index (Phi) is 5.53. The van der Waals surface area contributed by atoms with Crippen LogP contribution < -0.4 is 10.2 Å². The molecule has 1 atom stereocenters. The first-order valence-electron chi connectivity index (χ1n) is 7.84. The number of nitrogens with zero attached hydrogens (tertiary/aromatic N) is 1. The average Bonchev–Trinajstić information content (AvgIpc) is 2.37. The molecule has 0 spiro atoms. The van der Waals surface area contributed by atoms with Crippen molar-refractivity contribution >= 4 is 17.3 Å². The molecular weight excluding hydrogens is 284 g/mol. The van der Waals surface area contributed by atoms with Crippen molar-refractivity contribution in [1.82, 2.24) is 5.32 Å². The van der Waals surface area contributed by atoms with Gasteiger partial charge in [0.05, 0.1) is 5.60 Å². The van der Waals surface area contributed by atoms with Crippen LogP contribution in [0.2, 0.25) is 5.02 Å². The number of nitrogens with one attached hydrogen (secondary N) is 1. The minimum atomic E-state index is -0.597. The highest BCUT2D eigenvalue weighted by atomic mass is 35.5. The SMILES string of the molecule is CC(C)CNCc1cc(Cl)ccc1N1CCCC(C)(O)C1. The van der Waals surface area contributed by atoms with E-state index in [0.717, 1.165) is 37.5 Å². The van der Waals surface area contributed by atoms with E-state index in [0.29, 0.717) is 12.5 Å². The fourth-order valence-electron chi connectivity index (χ4n) is 2.93. The standard InChI is InChI=1S/C17H27ClN2O/c1-13(2)10-19-11-14-9-15(18)5-6-16(14)20-8-4-7-17(3,21)12-20/h5-6,9,13,19,21H,4,7-8,10-12H2,1-3H3. The third-order valence-electron chi connectivity index (χ3n) is 3.93. The summed E-state index contributed by atoms with van der Waals surface area (Å²) in [5.41, 5.74) is 1.80. The first-order valence-corrected chi connectivity index (χ1v) is 8.22. The topological polar surface area (TPSA) is 35.5 Å². The predicted molar refractivity (Wildman–Crippen MR) is 90.1 cm³/mol. The second-order valence-corrected chi connectivity index (χ2v) is 7.26. The van der Waals surface area contributed by atoms with Crippen LogP contribution in [0.25, 0.3) is 0 Å². The molecule has 1 aromatic carbocycles. The van der Waals surface area contributed by atoms with Crippen LogP contribution in [-0.4, -0.2) is 30.3 Å². The summed E-state index contributed by atoms with van der Waals surface area (Å²) in [7, 11) is 0. The zero-order valence-electron chi connectivity index (χ0n) is 13.3. The molecule has 0 bridgehead atoms. The van der Waals surface area contributed by atoms with Crippen LogP contribution in [0.5, 0.6) is 0 Å². The predicted octanol–water partition coefficient (Wildman–Crippen LogP) is 3.44. The van der Waals surface area contributed by atoms with E-state index in [4.69, 9.17) is 11.6 Å². The molecule has 1 unspecified atom stereocenters. The zero-order chi connectivity index (χ0) is 15.5. The molecule has 1 saturated heterocycles. The third-order valence-corrected chi connectivity index (χ3v) is 4.16. The van der Waals surface area contributed by atoms with Crippen molar-refractivity contribution in [2.45, 2.75) is 45.8 Å². The van der Waals surface area contributed by atoms with E-state index in [9.17, 15) is 5.11 Å². The van der Waals surface area contributed by atoms with Gasteiger partial charge in [0.2, 0.25) is 0 Å².